The Morgan fingerprint density at radius 3 is 2.52 bits per heavy atom. The van der Waals surface area contributed by atoms with Crippen LogP contribution >= 0.6 is 11.3 Å². The lowest BCUT2D eigenvalue weighted by Gasteiger charge is -2.15. The summed E-state index contributed by atoms with van der Waals surface area (Å²) in [5.41, 5.74) is -0.165. The van der Waals surface area contributed by atoms with Crippen molar-refractivity contribution in [3.8, 4) is 17.0 Å². The monoisotopic (exact) mass is 494 g/mol. The minimum Gasteiger partial charge on any atom is -0.496 e. The van der Waals surface area contributed by atoms with Crippen LogP contribution in [-0.4, -0.2) is 32.5 Å². The van der Waals surface area contributed by atoms with Crippen molar-refractivity contribution in [1.82, 2.24) is 9.97 Å². The van der Waals surface area contributed by atoms with Gasteiger partial charge in [0.1, 0.15) is 11.6 Å². The third-order valence-electron chi connectivity index (χ3n) is 4.81. The first-order valence-corrected chi connectivity index (χ1v) is 11.8. The summed E-state index contributed by atoms with van der Waals surface area (Å²) in [5, 5.41) is 5.83. The molecule has 0 atom stereocenters. The van der Waals surface area contributed by atoms with Crippen molar-refractivity contribution in [3.05, 3.63) is 59.6 Å². The number of sulfonamides is 1. The first-order valence-electron chi connectivity index (χ1n) is 9.43. The molecule has 2 aromatic heterocycles. The van der Waals surface area contributed by atoms with Crippen LogP contribution in [0.3, 0.4) is 0 Å². The van der Waals surface area contributed by atoms with E-state index in [0.29, 0.717) is 27.8 Å². The van der Waals surface area contributed by atoms with Crippen molar-refractivity contribution in [2.24, 2.45) is 0 Å². The molecule has 12 heteroatoms. The Morgan fingerprint density at radius 2 is 1.88 bits per heavy atom. The number of methoxy groups -OCH3 is 1. The average molecular weight is 495 g/mol. The second-order valence-corrected chi connectivity index (χ2v) is 9.42. The number of alkyl halides is 3. The number of nitrogens with one attached hydrogen (secondary N) is 2. The standard InChI is InChI=1S/C21H17F3N4O3S2/c1-25-18-10-12-9-14(33(29,30)28-20-26-7-8-32-20)4-6-15(12)19(27-18)16-5-3-13(21(22,23)24)11-17(16)31-2/h3-11H,1-2H3,(H,25,27)(H,26,28). The van der Waals surface area contributed by atoms with Crippen molar-refractivity contribution < 1.29 is 26.3 Å². The highest BCUT2D eigenvalue weighted by atomic mass is 32.2. The van der Waals surface area contributed by atoms with E-state index in [1.165, 1.54) is 31.5 Å². The van der Waals surface area contributed by atoms with E-state index in [-0.39, 0.29) is 15.8 Å². The van der Waals surface area contributed by atoms with Gasteiger partial charge in [-0.3, -0.25) is 4.72 Å². The highest BCUT2D eigenvalue weighted by molar-refractivity contribution is 7.93. The molecule has 0 aliphatic rings. The Bertz CT molecular complexity index is 1420. The lowest BCUT2D eigenvalue weighted by Crippen LogP contribution is -2.12. The minimum atomic E-state index is -4.53. The number of rotatable bonds is 6. The zero-order chi connectivity index (χ0) is 23.8. The normalized spacial score (nSPS) is 12.0. The molecule has 2 aromatic carbocycles. The summed E-state index contributed by atoms with van der Waals surface area (Å²) in [5.74, 6) is 0.399. The number of ether oxygens (including phenoxy) is 1. The summed E-state index contributed by atoms with van der Waals surface area (Å²) in [6, 6.07) is 9.23. The van der Waals surface area contributed by atoms with E-state index >= 15 is 0 Å². The number of nitrogens with zero attached hydrogens (tertiary/aromatic N) is 2. The van der Waals surface area contributed by atoms with E-state index in [1.807, 2.05) is 0 Å². The van der Waals surface area contributed by atoms with Crippen molar-refractivity contribution >= 4 is 43.1 Å². The van der Waals surface area contributed by atoms with Gasteiger partial charge in [0.15, 0.2) is 5.13 Å². The summed E-state index contributed by atoms with van der Waals surface area (Å²) < 4.78 is 72.7. The molecule has 4 rings (SSSR count). The van der Waals surface area contributed by atoms with E-state index in [1.54, 1.807) is 24.6 Å². The zero-order valence-corrected chi connectivity index (χ0v) is 18.9. The van der Waals surface area contributed by atoms with Crippen LogP contribution in [0.5, 0.6) is 5.75 Å². The maximum Gasteiger partial charge on any atom is 0.416 e. The Balaban J connectivity index is 1.87. The molecule has 0 amide bonds. The summed E-state index contributed by atoms with van der Waals surface area (Å²) in [6.45, 7) is 0. The van der Waals surface area contributed by atoms with Crippen molar-refractivity contribution in [1.29, 1.82) is 0 Å². The van der Waals surface area contributed by atoms with Crippen LogP contribution in [0.15, 0.2) is 58.9 Å². The molecule has 0 radical (unpaired) electrons. The molecular weight excluding hydrogens is 477 g/mol. The Hall–Kier alpha value is -3.38. The second-order valence-electron chi connectivity index (χ2n) is 6.84. The average Bonchev–Trinajstić information content (AvgIpc) is 3.29. The molecule has 0 saturated carbocycles. The molecular formula is C21H17F3N4O3S2. The number of halogens is 3. The first-order chi connectivity index (χ1) is 15.6. The number of hydrogen-bond donors (Lipinski definition) is 2. The number of benzene rings is 2. The van der Waals surface area contributed by atoms with Crippen LogP contribution in [0, 0.1) is 0 Å². The largest absolute Gasteiger partial charge is 0.496 e. The summed E-state index contributed by atoms with van der Waals surface area (Å²) in [4.78, 5) is 8.43. The molecule has 0 unspecified atom stereocenters. The molecule has 4 aromatic rings. The van der Waals surface area contributed by atoms with Gasteiger partial charge in [0.25, 0.3) is 10.0 Å². The van der Waals surface area contributed by atoms with E-state index in [0.717, 1.165) is 23.5 Å². The maximum atomic E-state index is 13.2. The molecule has 33 heavy (non-hydrogen) atoms. The topological polar surface area (TPSA) is 93.2 Å². The molecule has 2 heterocycles. The number of anilines is 2. The fraction of sp³-hybridized carbons (Fsp3) is 0.143. The first kappa shape index (κ1) is 22.8. The van der Waals surface area contributed by atoms with Gasteiger partial charge in [-0.05, 0) is 41.8 Å². The Labute approximate surface area is 191 Å². The third-order valence-corrected chi connectivity index (χ3v) is 6.96. The molecule has 7 nitrogen and oxygen atoms in total. The summed E-state index contributed by atoms with van der Waals surface area (Å²) >= 11 is 1.15. The molecule has 0 bridgehead atoms. The molecule has 0 aliphatic heterocycles. The SMILES string of the molecule is CNc1cc2cc(S(=O)(=O)Nc3nccs3)ccc2c(-c2ccc(C(F)(F)F)cc2OC)n1. The van der Waals surface area contributed by atoms with Crippen molar-refractivity contribution in [2.75, 3.05) is 24.2 Å². The quantitative estimate of drug-likeness (QED) is 0.381. The van der Waals surface area contributed by atoms with Gasteiger partial charge in [-0.1, -0.05) is 6.07 Å². The molecule has 0 saturated heterocycles. The molecule has 172 valence electrons. The molecule has 2 N–H and O–H groups in total. The van der Waals surface area contributed by atoms with Crippen LogP contribution in [0.25, 0.3) is 22.0 Å². The van der Waals surface area contributed by atoms with Gasteiger partial charge in [0, 0.05) is 29.6 Å². The predicted octanol–water partition coefficient (Wildman–Crippen LogP) is 5.23. The van der Waals surface area contributed by atoms with Crippen molar-refractivity contribution in [2.45, 2.75) is 11.1 Å². The summed E-state index contributed by atoms with van der Waals surface area (Å²) in [6.07, 6.45) is -3.04. The molecule has 0 aliphatic carbocycles. The highest BCUT2D eigenvalue weighted by Gasteiger charge is 2.31. The van der Waals surface area contributed by atoms with Gasteiger partial charge < -0.3 is 10.1 Å². The number of fused-ring (bicyclic) bond motifs is 1. The number of pyridine rings is 1. The van der Waals surface area contributed by atoms with E-state index < -0.39 is 21.8 Å². The molecule has 0 fully saturated rings. The van der Waals surface area contributed by atoms with Gasteiger partial charge >= 0.3 is 6.18 Å². The van der Waals surface area contributed by atoms with Gasteiger partial charge in [-0.2, -0.15) is 13.2 Å². The van der Waals surface area contributed by atoms with Crippen LogP contribution in [-0.2, 0) is 16.2 Å². The maximum absolute atomic E-state index is 13.2. The Morgan fingerprint density at radius 1 is 1.09 bits per heavy atom. The van der Waals surface area contributed by atoms with Crippen LogP contribution in [0.4, 0.5) is 24.1 Å². The summed E-state index contributed by atoms with van der Waals surface area (Å²) in [7, 11) is -0.992. The fourth-order valence-electron chi connectivity index (χ4n) is 3.25. The van der Waals surface area contributed by atoms with Crippen LogP contribution < -0.4 is 14.8 Å². The van der Waals surface area contributed by atoms with Crippen LogP contribution in [0.1, 0.15) is 5.56 Å². The number of aromatic nitrogens is 2. The van der Waals surface area contributed by atoms with E-state index in [2.05, 4.69) is 20.0 Å². The van der Waals surface area contributed by atoms with Gasteiger partial charge in [-0.15, -0.1) is 11.3 Å². The van der Waals surface area contributed by atoms with Crippen molar-refractivity contribution in [3.63, 3.8) is 0 Å². The predicted molar refractivity (Wildman–Crippen MR) is 121 cm³/mol. The smallest absolute Gasteiger partial charge is 0.416 e. The van der Waals surface area contributed by atoms with Crippen LogP contribution in [0.2, 0.25) is 0 Å². The Kier molecular flexibility index (Phi) is 5.89. The van der Waals surface area contributed by atoms with E-state index in [9.17, 15) is 21.6 Å². The fourth-order valence-corrected chi connectivity index (χ4v) is 5.07. The number of thiazole rings is 1. The molecule has 0 spiro atoms. The van der Waals surface area contributed by atoms with E-state index in [4.69, 9.17) is 4.74 Å². The zero-order valence-electron chi connectivity index (χ0n) is 17.3. The lowest BCUT2D eigenvalue weighted by molar-refractivity contribution is -0.137. The third kappa shape index (κ3) is 4.57. The highest BCUT2D eigenvalue weighted by Crippen LogP contribution is 2.39. The van der Waals surface area contributed by atoms with Gasteiger partial charge in [0.05, 0.1) is 23.3 Å². The lowest BCUT2D eigenvalue weighted by atomic mass is 10.0. The number of hydrogen-bond acceptors (Lipinski definition) is 7. The second kappa shape index (κ2) is 8.52. The van der Waals surface area contributed by atoms with Gasteiger partial charge in [0.2, 0.25) is 0 Å². The minimum absolute atomic E-state index is 0.00351. The van der Waals surface area contributed by atoms with Gasteiger partial charge in [-0.25, -0.2) is 18.4 Å².